The number of carbonyl (C=O) groups excluding carboxylic acids is 3. The van der Waals surface area contributed by atoms with E-state index >= 15 is 0 Å². The lowest BCUT2D eigenvalue weighted by Gasteiger charge is -2.14. The SMILES string of the molecule is O=C1NN(C(=O)c2cccc3ccccc23)C(=O)/C1=C/c1ccc(OCc2ccccc2)cc1. The summed E-state index contributed by atoms with van der Waals surface area (Å²) < 4.78 is 5.77. The second-order valence-corrected chi connectivity index (χ2v) is 7.81. The van der Waals surface area contributed by atoms with Crippen molar-refractivity contribution in [2.45, 2.75) is 6.61 Å². The summed E-state index contributed by atoms with van der Waals surface area (Å²) in [6.07, 6.45) is 1.47. The van der Waals surface area contributed by atoms with Crippen LogP contribution < -0.4 is 10.2 Å². The topological polar surface area (TPSA) is 75.7 Å². The van der Waals surface area contributed by atoms with Gasteiger partial charge < -0.3 is 4.74 Å². The Balaban J connectivity index is 1.33. The summed E-state index contributed by atoms with van der Waals surface area (Å²) in [6.45, 7) is 0.438. The van der Waals surface area contributed by atoms with Crippen LogP contribution in [0.3, 0.4) is 0 Å². The molecule has 1 saturated heterocycles. The number of imide groups is 1. The van der Waals surface area contributed by atoms with Crippen molar-refractivity contribution in [3.8, 4) is 5.75 Å². The highest BCUT2D eigenvalue weighted by Crippen LogP contribution is 2.23. The Kier molecular flexibility index (Phi) is 5.62. The number of fused-ring (bicyclic) bond motifs is 1. The highest BCUT2D eigenvalue weighted by molar-refractivity contribution is 6.31. The minimum absolute atomic E-state index is 0.105. The van der Waals surface area contributed by atoms with Crippen LogP contribution in [0.2, 0.25) is 0 Å². The van der Waals surface area contributed by atoms with Gasteiger partial charge in [0.1, 0.15) is 17.9 Å². The second kappa shape index (κ2) is 9.03. The van der Waals surface area contributed by atoms with E-state index in [4.69, 9.17) is 4.74 Å². The Morgan fingerprint density at radius 1 is 0.824 bits per heavy atom. The molecule has 0 bridgehead atoms. The van der Waals surface area contributed by atoms with Crippen LogP contribution in [0.4, 0.5) is 0 Å². The first-order valence-electron chi connectivity index (χ1n) is 10.8. The van der Waals surface area contributed by atoms with Crippen LogP contribution in [-0.2, 0) is 16.2 Å². The van der Waals surface area contributed by atoms with Crippen LogP contribution in [0, 0.1) is 0 Å². The third kappa shape index (κ3) is 4.17. The largest absolute Gasteiger partial charge is 0.489 e. The number of ether oxygens (including phenoxy) is 1. The van der Waals surface area contributed by atoms with Crippen LogP contribution in [-0.4, -0.2) is 22.7 Å². The van der Waals surface area contributed by atoms with Crippen molar-refractivity contribution in [1.82, 2.24) is 10.4 Å². The first kappa shape index (κ1) is 21.2. The standard InChI is InChI=1S/C28H20N2O4/c31-26-25(17-19-13-15-22(16-14-19)34-18-20-7-2-1-3-8-20)28(33)30(29-26)27(32)24-12-6-10-21-9-4-5-11-23(21)24/h1-17H,18H2,(H,29,31)/b25-17+. The number of hydrogen-bond acceptors (Lipinski definition) is 4. The third-order valence-corrected chi connectivity index (χ3v) is 5.55. The summed E-state index contributed by atoms with van der Waals surface area (Å²) in [6, 6.07) is 29.5. The number of rotatable bonds is 5. The zero-order valence-electron chi connectivity index (χ0n) is 18.1. The third-order valence-electron chi connectivity index (χ3n) is 5.55. The number of hydrazine groups is 1. The molecule has 5 rings (SSSR count). The Bertz CT molecular complexity index is 1420. The minimum Gasteiger partial charge on any atom is -0.489 e. The summed E-state index contributed by atoms with van der Waals surface area (Å²) in [5.41, 5.74) is 4.32. The van der Waals surface area contributed by atoms with Crippen molar-refractivity contribution in [3.05, 3.63) is 119 Å². The first-order valence-corrected chi connectivity index (χ1v) is 10.8. The normalized spacial score (nSPS) is 14.5. The molecule has 1 heterocycles. The van der Waals surface area contributed by atoms with E-state index in [-0.39, 0.29) is 5.57 Å². The Morgan fingerprint density at radius 3 is 2.32 bits per heavy atom. The molecule has 6 heteroatoms. The van der Waals surface area contributed by atoms with Gasteiger partial charge in [0.05, 0.1) is 0 Å². The van der Waals surface area contributed by atoms with Gasteiger partial charge in [0.25, 0.3) is 17.7 Å². The molecule has 6 nitrogen and oxygen atoms in total. The van der Waals surface area contributed by atoms with Crippen molar-refractivity contribution >= 4 is 34.6 Å². The molecule has 1 aliphatic heterocycles. The van der Waals surface area contributed by atoms with E-state index in [1.807, 2.05) is 60.7 Å². The van der Waals surface area contributed by atoms with E-state index < -0.39 is 17.7 Å². The molecule has 0 atom stereocenters. The van der Waals surface area contributed by atoms with Crippen LogP contribution in [0.25, 0.3) is 16.8 Å². The number of hydrogen-bond donors (Lipinski definition) is 1. The molecule has 4 aromatic rings. The van der Waals surface area contributed by atoms with Gasteiger partial charge in [-0.1, -0.05) is 78.9 Å². The predicted molar refractivity (Wildman–Crippen MR) is 128 cm³/mol. The molecule has 34 heavy (non-hydrogen) atoms. The van der Waals surface area contributed by atoms with Gasteiger partial charge >= 0.3 is 0 Å². The second-order valence-electron chi connectivity index (χ2n) is 7.81. The maximum Gasteiger partial charge on any atom is 0.285 e. The fourth-order valence-corrected chi connectivity index (χ4v) is 3.80. The molecule has 4 aromatic carbocycles. The molecule has 166 valence electrons. The van der Waals surface area contributed by atoms with E-state index in [9.17, 15) is 14.4 Å². The molecule has 0 unspecified atom stereocenters. The predicted octanol–water partition coefficient (Wildman–Crippen LogP) is 4.52. The maximum atomic E-state index is 13.1. The number of carbonyl (C=O) groups is 3. The van der Waals surface area contributed by atoms with E-state index in [0.717, 1.165) is 16.0 Å². The molecule has 1 N–H and O–H groups in total. The Morgan fingerprint density at radius 2 is 1.53 bits per heavy atom. The summed E-state index contributed by atoms with van der Waals surface area (Å²) in [5.74, 6) is -1.22. The quantitative estimate of drug-likeness (QED) is 0.277. The smallest absolute Gasteiger partial charge is 0.285 e. The van der Waals surface area contributed by atoms with E-state index in [0.29, 0.717) is 28.9 Å². The molecular weight excluding hydrogens is 428 g/mol. The summed E-state index contributed by atoms with van der Waals surface area (Å²) in [5, 5.41) is 2.35. The zero-order chi connectivity index (χ0) is 23.5. The Hall–Kier alpha value is -4.71. The number of nitrogens with zero attached hydrogens (tertiary/aromatic N) is 1. The summed E-state index contributed by atoms with van der Waals surface area (Å²) >= 11 is 0. The van der Waals surface area contributed by atoms with Gasteiger partial charge in [0, 0.05) is 5.56 Å². The number of nitrogens with one attached hydrogen (secondary N) is 1. The van der Waals surface area contributed by atoms with Gasteiger partial charge in [0.15, 0.2) is 0 Å². The van der Waals surface area contributed by atoms with Gasteiger partial charge in [-0.15, -0.1) is 0 Å². The lowest BCUT2D eigenvalue weighted by Crippen LogP contribution is -2.41. The highest BCUT2D eigenvalue weighted by atomic mass is 16.5. The molecule has 0 aliphatic carbocycles. The molecule has 0 aromatic heterocycles. The number of amides is 3. The Labute approximate surface area is 196 Å². The summed E-state index contributed by atoms with van der Waals surface area (Å²) in [4.78, 5) is 38.5. The molecule has 0 spiro atoms. The van der Waals surface area contributed by atoms with Crippen LogP contribution in [0.5, 0.6) is 5.75 Å². The van der Waals surface area contributed by atoms with Gasteiger partial charge in [0.2, 0.25) is 0 Å². The minimum atomic E-state index is -0.688. The van der Waals surface area contributed by atoms with Crippen molar-refractivity contribution < 1.29 is 19.1 Å². The zero-order valence-corrected chi connectivity index (χ0v) is 18.1. The average Bonchev–Trinajstić information content (AvgIpc) is 3.16. The van der Waals surface area contributed by atoms with Crippen LogP contribution >= 0.6 is 0 Å². The van der Waals surface area contributed by atoms with Crippen molar-refractivity contribution in [2.24, 2.45) is 0 Å². The van der Waals surface area contributed by atoms with Crippen molar-refractivity contribution in [2.75, 3.05) is 0 Å². The van der Waals surface area contributed by atoms with Crippen molar-refractivity contribution in [3.63, 3.8) is 0 Å². The van der Waals surface area contributed by atoms with Crippen LogP contribution in [0.1, 0.15) is 21.5 Å². The summed E-state index contributed by atoms with van der Waals surface area (Å²) in [7, 11) is 0. The van der Waals surface area contributed by atoms with E-state index in [2.05, 4.69) is 5.43 Å². The molecule has 0 radical (unpaired) electrons. The fourth-order valence-electron chi connectivity index (χ4n) is 3.80. The van der Waals surface area contributed by atoms with Crippen molar-refractivity contribution in [1.29, 1.82) is 0 Å². The lowest BCUT2D eigenvalue weighted by molar-refractivity contribution is -0.125. The molecule has 1 fully saturated rings. The monoisotopic (exact) mass is 448 g/mol. The van der Waals surface area contributed by atoms with Gasteiger partial charge in [-0.05, 0) is 46.2 Å². The first-order chi connectivity index (χ1) is 16.6. The van der Waals surface area contributed by atoms with Gasteiger partial charge in [-0.2, -0.15) is 5.01 Å². The molecular formula is C28H20N2O4. The molecule has 3 amide bonds. The number of benzene rings is 4. The van der Waals surface area contributed by atoms with Crippen LogP contribution in [0.15, 0.2) is 103 Å². The van der Waals surface area contributed by atoms with Gasteiger partial charge in [-0.25, -0.2) is 0 Å². The lowest BCUT2D eigenvalue weighted by atomic mass is 10.0. The van der Waals surface area contributed by atoms with E-state index in [1.54, 1.807) is 36.4 Å². The van der Waals surface area contributed by atoms with Gasteiger partial charge in [-0.3, -0.25) is 19.8 Å². The average molecular weight is 448 g/mol. The molecule has 0 saturated carbocycles. The fraction of sp³-hybridized carbons (Fsp3) is 0.0357. The maximum absolute atomic E-state index is 13.1. The van der Waals surface area contributed by atoms with E-state index in [1.165, 1.54) is 6.08 Å². The molecule has 1 aliphatic rings. The highest BCUT2D eigenvalue weighted by Gasteiger charge is 2.38.